The van der Waals surface area contributed by atoms with Crippen molar-refractivity contribution in [2.24, 2.45) is 5.92 Å². The highest BCUT2D eigenvalue weighted by molar-refractivity contribution is 5.01. The van der Waals surface area contributed by atoms with Gasteiger partial charge in [0.1, 0.15) is 5.92 Å². The molecule has 0 aromatic heterocycles. The predicted molar refractivity (Wildman–Crippen MR) is 52.7 cm³/mol. The molecule has 3 nitrogen and oxygen atoms in total. The van der Waals surface area contributed by atoms with Gasteiger partial charge in [-0.2, -0.15) is 10.5 Å². The molecule has 74 valence electrons. The molecule has 0 aliphatic carbocycles. The fourth-order valence-corrected chi connectivity index (χ4v) is 0.897. The summed E-state index contributed by atoms with van der Waals surface area (Å²) in [5.41, 5.74) is 0. The van der Waals surface area contributed by atoms with Crippen molar-refractivity contribution in [2.45, 2.75) is 32.1 Å². The Balaban J connectivity index is 3.41. The molecule has 14 heavy (non-hydrogen) atoms. The summed E-state index contributed by atoms with van der Waals surface area (Å²) < 4.78 is 0. The van der Waals surface area contributed by atoms with E-state index in [1.165, 1.54) is 0 Å². The Bertz CT molecular complexity index is 260. The second kappa shape index (κ2) is 9.59. The highest BCUT2D eigenvalue weighted by Crippen LogP contribution is 2.05. The van der Waals surface area contributed by atoms with Crippen molar-refractivity contribution in [3.05, 3.63) is 0 Å². The van der Waals surface area contributed by atoms with Gasteiger partial charge in [-0.1, -0.05) is 0 Å². The average molecular weight is 190 g/mol. The smallest absolute Gasteiger partial charge is 0.133 e. The summed E-state index contributed by atoms with van der Waals surface area (Å²) >= 11 is 0. The van der Waals surface area contributed by atoms with E-state index in [1.807, 2.05) is 12.1 Å². The molecule has 0 radical (unpaired) electrons. The van der Waals surface area contributed by atoms with Gasteiger partial charge in [-0.3, -0.25) is 0 Å². The second-order valence-electron chi connectivity index (χ2n) is 2.88. The minimum atomic E-state index is -0.491. The molecule has 0 bridgehead atoms. The molecule has 0 unspecified atom stereocenters. The predicted octanol–water partition coefficient (Wildman–Crippen LogP) is 1.60. The van der Waals surface area contributed by atoms with Crippen molar-refractivity contribution in [3.63, 3.8) is 0 Å². The summed E-state index contributed by atoms with van der Waals surface area (Å²) in [5, 5.41) is 25.4. The second-order valence-corrected chi connectivity index (χ2v) is 2.88. The molecule has 3 heteroatoms. The quantitative estimate of drug-likeness (QED) is 0.528. The van der Waals surface area contributed by atoms with Gasteiger partial charge in [0.2, 0.25) is 0 Å². The maximum atomic E-state index is 8.47. The molecule has 0 heterocycles. The Labute approximate surface area is 85.0 Å². The Morgan fingerprint density at radius 3 is 2.07 bits per heavy atom. The molecule has 0 aromatic rings. The number of nitriles is 2. The third-order valence-corrected chi connectivity index (χ3v) is 1.69. The van der Waals surface area contributed by atoms with E-state index in [9.17, 15) is 0 Å². The van der Waals surface area contributed by atoms with Gasteiger partial charge in [0.25, 0.3) is 0 Å². The summed E-state index contributed by atoms with van der Waals surface area (Å²) in [7, 11) is 0. The molecule has 0 saturated carbocycles. The van der Waals surface area contributed by atoms with E-state index < -0.39 is 5.92 Å². The lowest BCUT2D eigenvalue weighted by Crippen LogP contribution is -1.91. The highest BCUT2D eigenvalue weighted by atomic mass is 16.2. The van der Waals surface area contributed by atoms with Crippen molar-refractivity contribution in [1.29, 1.82) is 10.5 Å². The van der Waals surface area contributed by atoms with Crippen LogP contribution in [0, 0.1) is 40.4 Å². The largest absolute Gasteiger partial charge is 0.396 e. The normalized spacial score (nSPS) is 8.57. The topological polar surface area (TPSA) is 67.8 Å². The van der Waals surface area contributed by atoms with Gasteiger partial charge in [0.15, 0.2) is 0 Å². The van der Waals surface area contributed by atoms with Gasteiger partial charge in [-0.25, -0.2) is 0 Å². The van der Waals surface area contributed by atoms with Crippen molar-refractivity contribution in [1.82, 2.24) is 0 Å². The Kier molecular flexibility index (Phi) is 8.56. The molecule has 0 atom stereocenters. The molecule has 1 N–H and O–H groups in total. The van der Waals surface area contributed by atoms with Crippen molar-refractivity contribution >= 4 is 0 Å². The molecule has 0 aliphatic rings. The number of rotatable bonds is 5. The maximum Gasteiger partial charge on any atom is 0.133 e. The molecule has 0 spiro atoms. The van der Waals surface area contributed by atoms with Crippen LogP contribution in [0.2, 0.25) is 0 Å². The molecular weight excluding hydrogens is 176 g/mol. The first-order chi connectivity index (χ1) is 6.85. The van der Waals surface area contributed by atoms with Crippen LogP contribution in [0.25, 0.3) is 0 Å². The molecule has 0 fully saturated rings. The van der Waals surface area contributed by atoms with Gasteiger partial charge in [0.05, 0.1) is 12.1 Å². The Morgan fingerprint density at radius 1 is 1.00 bits per heavy atom. The van der Waals surface area contributed by atoms with Crippen LogP contribution in [0.3, 0.4) is 0 Å². The van der Waals surface area contributed by atoms with Crippen LogP contribution >= 0.6 is 0 Å². The lowest BCUT2D eigenvalue weighted by atomic mass is 10.1. The first-order valence-corrected chi connectivity index (χ1v) is 4.71. The van der Waals surface area contributed by atoms with E-state index in [0.717, 1.165) is 19.3 Å². The third kappa shape index (κ3) is 7.17. The molecule has 0 saturated heterocycles. The molecule has 0 aliphatic heterocycles. The van der Waals surface area contributed by atoms with Crippen LogP contribution in [0.4, 0.5) is 0 Å². The first kappa shape index (κ1) is 12.5. The van der Waals surface area contributed by atoms with Crippen molar-refractivity contribution in [3.8, 4) is 24.0 Å². The number of unbranched alkanes of at least 4 members (excludes halogenated alkanes) is 2. The van der Waals surface area contributed by atoms with Crippen LogP contribution in [-0.2, 0) is 0 Å². The van der Waals surface area contributed by atoms with E-state index in [0.29, 0.717) is 12.8 Å². The van der Waals surface area contributed by atoms with Crippen LogP contribution in [0.15, 0.2) is 0 Å². The number of aliphatic hydroxyl groups is 1. The minimum absolute atomic E-state index is 0.180. The lowest BCUT2D eigenvalue weighted by Gasteiger charge is -1.94. The molecule has 0 amide bonds. The average Bonchev–Trinajstić information content (AvgIpc) is 2.22. The summed E-state index contributed by atoms with van der Waals surface area (Å²) in [4.78, 5) is 0. The van der Waals surface area contributed by atoms with Gasteiger partial charge >= 0.3 is 0 Å². The van der Waals surface area contributed by atoms with E-state index >= 15 is 0 Å². The van der Waals surface area contributed by atoms with Gasteiger partial charge < -0.3 is 5.11 Å². The molecule has 0 aromatic carbocycles. The lowest BCUT2D eigenvalue weighted by molar-refractivity contribution is 0.290. The van der Waals surface area contributed by atoms with E-state index in [2.05, 4.69) is 11.8 Å². The van der Waals surface area contributed by atoms with Crippen LogP contribution in [0.5, 0.6) is 0 Å². The van der Waals surface area contributed by atoms with Crippen molar-refractivity contribution < 1.29 is 5.11 Å². The Hall–Kier alpha value is -1.50. The first-order valence-electron chi connectivity index (χ1n) is 4.71. The van der Waals surface area contributed by atoms with Crippen molar-refractivity contribution in [2.75, 3.05) is 6.61 Å². The molecule has 0 rings (SSSR count). The SMILES string of the molecule is N#CC(C#N)CCCC#CCCCO. The number of hydrogen-bond donors (Lipinski definition) is 1. The van der Waals surface area contributed by atoms with Crippen LogP contribution in [0.1, 0.15) is 32.1 Å². The van der Waals surface area contributed by atoms with Crippen LogP contribution < -0.4 is 0 Å². The van der Waals surface area contributed by atoms with E-state index in [4.69, 9.17) is 15.6 Å². The summed E-state index contributed by atoms with van der Waals surface area (Å²) in [6.07, 6.45) is 3.55. The fourth-order valence-electron chi connectivity index (χ4n) is 0.897. The van der Waals surface area contributed by atoms with Gasteiger partial charge in [-0.15, -0.1) is 11.8 Å². The fraction of sp³-hybridized carbons (Fsp3) is 0.636. The summed E-state index contributed by atoms with van der Waals surface area (Å²) in [6.45, 7) is 0.180. The number of aliphatic hydroxyl groups excluding tert-OH is 1. The highest BCUT2D eigenvalue weighted by Gasteiger charge is 2.02. The zero-order chi connectivity index (χ0) is 10.6. The van der Waals surface area contributed by atoms with Crippen LogP contribution in [-0.4, -0.2) is 11.7 Å². The number of nitrogens with zero attached hydrogens (tertiary/aromatic N) is 2. The van der Waals surface area contributed by atoms with Gasteiger partial charge in [-0.05, 0) is 19.3 Å². The van der Waals surface area contributed by atoms with E-state index in [1.54, 1.807) is 0 Å². The molecular formula is C11H14N2O. The zero-order valence-corrected chi connectivity index (χ0v) is 8.16. The monoisotopic (exact) mass is 190 g/mol. The third-order valence-electron chi connectivity index (χ3n) is 1.69. The minimum Gasteiger partial charge on any atom is -0.396 e. The zero-order valence-electron chi connectivity index (χ0n) is 8.16. The summed E-state index contributed by atoms with van der Waals surface area (Å²) in [5.74, 6) is 5.37. The standard InChI is InChI=1S/C11H14N2O/c12-9-11(10-13)7-5-3-1-2-4-6-8-14/h11,14H,3-8H2. The number of hydrogen-bond acceptors (Lipinski definition) is 3. The van der Waals surface area contributed by atoms with Gasteiger partial charge in [0, 0.05) is 19.4 Å². The maximum absolute atomic E-state index is 8.47. The Morgan fingerprint density at radius 2 is 1.57 bits per heavy atom. The van der Waals surface area contributed by atoms with E-state index in [-0.39, 0.29) is 6.61 Å². The summed E-state index contributed by atoms with van der Waals surface area (Å²) in [6, 6.07) is 3.84.